The molecule has 0 saturated carbocycles. The topological polar surface area (TPSA) is 34.4 Å². The third kappa shape index (κ3) is 4.37. The summed E-state index contributed by atoms with van der Waals surface area (Å²) in [5, 5.41) is 10.7. The molecular weight excluding hydrogens is 627 g/mol. The van der Waals surface area contributed by atoms with Crippen LogP contribution in [0, 0.1) is 0 Å². The molecule has 9 aromatic rings. The van der Waals surface area contributed by atoms with E-state index in [1.54, 1.807) is 0 Å². The maximum atomic E-state index is 15.2. The number of imidazole rings is 1. The zero-order valence-corrected chi connectivity index (χ0v) is 28.1. The van der Waals surface area contributed by atoms with Crippen molar-refractivity contribution in [2.45, 2.75) is 6.42 Å². The van der Waals surface area contributed by atoms with Gasteiger partial charge in [0.25, 0.3) is 0 Å². The second kappa shape index (κ2) is 11.3. The molecule has 50 heavy (non-hydrogen) atoms. The maximum absolute atomic E-state index is 15.2. The van der Waals surface area contributed by atoms with Crippen molar-refractivity contribution in [2.24, 2.45) is 0 Å². The summed E-state index contributed by atoms with van der Waals surface area (Å²) in [6.07, 6.45) is 11.1. The van der Waals surface area contributed by atoms with Gasteiger partial charge in [-0.1, -0.05) is 134 Å². The predicted molar refractivity (Wildman–Crippen MR) is 212 cm³/mol. The van der Waals surface area contributed by atoms with E-state index in [0.717, 1.165) is 71.8 Å². The van der Waals surface area contributed by atoms with E-state index >= 15 is 4.57 Å². The summed E-state index contributed by atoms with van der Waals surface area (Å²) in [7, 11) is -3.09. The number of para-hydroxylation sites is 2. The third-order valence-electron chi connectivity index (χ3n) is 10.2. The van der Waals surface area contributed by atoms with Crippen LogP contribution in [-0.4, -0.2) is 9.38 Å². The molecule has 1 aliphatic rings. The van der Waals surface area contributed by atoms with Crippen molar-refractivity contribution in [1.29, 1.82) is 0 Å². The van der Waals surface area contributed by atoms with E-state index in [1.165, 1.54) is 21.5 Å². The molecule has 2 heterocycles. The molecule has 236 valence electrons. The molecule has 0 spiro atoms. The zero-order chi connectivity index (χ0) is 33.2. The van der Waals surface area contributed by atoms with Gasteiger partial charge in [0.2, 0.25) is 0 Å². The van der Waals surface area contributed by atoms with E-state index in [4.69, 9.17) is 4.98 Å². The van der Waals surface area contributed by atoms with E-state index in [2.05, 4.69) is 132 Å². The van der Waals surface area contributed by atoms with Crippen LogP contribution in [0.15, 0.2) is 181 Å². The summed E-state index contributed by atoms with van der Waals surface area (Å²) in [6.45, 7) is 0. The van der Waals surface area contributed by atoms with Crippen LogP contribution >= 0.6 is 7.14 Å². The Morgan fingerprint density at radius 1 is 0.560 bits per heavy atom. The van der Waals surface area contributed by atoms with Gasteiger partial charge < -0.3 is 4.57 Å². The largest absolute Gasteiger partial charge is 0.309 e. The second-order valence-corrected chi connectivity index (χ2v) is 15.8. The summed E-state index contributed by atoms with van der Waals surface area (Å²) in [6, 6.07) is 51.1. The Kier molecular flexibility index (Phi) is 6.52. The molecular formula is C46H31N2OP. The van der Waals surface area contributed by atoms with Crippen LogP contribution in [0.4, 0.5) is 0 Å². The lowest BCUT2D eigenvalue weighted by Crippen LogP contribution is -2.17. The normalized spacial score (nSPS) is 14.5. The molecule has 0 aliphatic heterocycles. The molecule has 0 radical (unpaired) electrons. The fourth-order valence-corrected chi connectivity index (χ4v) is 10.5. The molecule has 1 unspecified atom stereocenters. The smallest absolute Gasteiger partial charge is 0.171 e. The maximum Gasteiger partial charge on any atom is 0.171 e. The van der Waals surface area contributed by atoms with Crippen LogP contribution in [0.2, 0.25) is 0 Å². The quantitative estimate of drug-likeness (QED) is 0.139. The number of nitrogens with zero attached hydrogens (tertiary/aromatic N) is 2. The molecule has 10 rings (SSSR count). The molecule has 3 nitrogen and oxygen atoms in total. The molecule has 0 N–H and O–H groups in total. The zero-order valence-electron chi connectivity index (χ0n) is 27.2. The summed E-state index contributed by atoms with van der Waals surface area (Å²) in [4.78, 5) is 5.13. The van der Waals surface area contributed by atoms with Crippen molar-refractivity contribution in [3.63, 3.8) is 0 Å². The summed E-state index contributed by atoms with van der Waals surface area (Å²) >= 11 is 0. The molecule has 0 amide bonds. The Hall–Kier alpha value is -6.02. The Bertz CT molecular complexity index is 2980. The molecule has 0 bridgehead atoms. The van der Waals surface area contributed by atoms with E-state index in [1.807, 2.05) is 48.6 Å². The number of hydrogen-bond acceptors (Lipinski definition) is 2. The van der Waals surface area contributed by atoms with Crippen molar-refractivity contribution in [3.05, 3.63) is 181 Å². The van der Waals surface area contributed by atoms with Crippen LogP contribution < -0.4 is 10.6 Å². The Labute approximate surface area is 289 Å². The van der Waals surface area contributed by atoms with Gasteiger partial charge in [0.1, 0.15) is 5.65 Å². The van der Waals surface area contributed by atoms with Gasteiger partial charge in [0, 0.05) is 32.1 Å². The fraction of sp³-hybridized carbons (Fsp3) is 0.0217. The van der Waals surface area contributed by atoms with Crippen molar-refractivity contribution < 1.29 is 4.57 Å². The molecule has 4 heteroatoms. The van der Waals surface area contributed by atoms with Crippen LogP contribution in [0.5, 0.6) is 0 Å². The van der Waals surface area contributed by atoms with Gasteiger partial charge in [0.05, 0.1) is 16.6 Å². The van der Waals surface area contributed by atoms with E-state index < -0.39 is 7.14 Å². The summed E-state index contributed by atoms with van der Waals surface area (Å²) < 4.78 is 17.5. The average molecular weight is 659 g/mol. The highest BCUT2D eigenvalue weighted by Crippen LogP contribution is 2.53. The lowest BCUT2D eigenvalue weighted by molar-refractivity contribution is 0.591. The number of benzene rings is 7. The van der Waals surface area contributed by atoms with Crippen molar-refractivity contribution in [2.75, 3.05) is 0 Å². The van der Waals surface area contributed by atoms with E-state index in [0.29, 0.717) is 0 Å². The van der Waals surface area contributed by atoms with E-state index in [9.17, 15) is 0 Å². The first-order chi connectivity index (χ1) is 24.7. The van der Waals surface area contributed by atoms with Crippen LogP contribution in [0.25, 0.3) is 71.0 Å². The third-order valence-corrected chi connectivity index (χ3v) is 13.3. The molecule has 0 saturated heterocycles. The number of allylic oxidation sites excluding steroid dienone is 6. The van der Waals surface area contributed by atoms with Gasteiger partial charge in [-0.2, -0.15) is 0 Å². The molecule has 1 aliphatic carbocycles. The minimum absolute atomic E-state index is 0.833. The molecule has 1 atom stereocenters. The fourth-order valence-electron chi connectivity index (χ4n) is 7.78. The minimum Gasteiger partial charge on any atom is -0.309 e. The van der Waals surface area contributed by atoms with Gasteiger partial charge in [-0.25, -0.2) is 4.98 Å². The Balaban J connectivity index is 1.16. The lowest BCUT2D eigenvalue weighted by Gasteiger charge is -2.21. The summed E-state index contributed by atoms with van der Waals surface area (Å²) in [5.41, 5.74) is 6.51. The van der Waals surface area contributed by atoms with Crippen LogP contribution in [0.3, 0.4) is 0 Å². The van der Waals surface area contributed by atoms with Gasteiger partial charge in [-0.05, 0) is 81.6 Å². The molecule has 2 aromatic heterocycles. The molecule has 7 aromatic carbocycles. The van der Waals surface area contributed by atoms with E-state index in [-0.39, 0.29) is 0 Å². The Morgan fingerprint density at radius 2 is 1.32 bits per heavy atom. The number of hydrogen-bond donors (Lipinski definition) is 0. The monoisotopic (exact) mass is 658 g/mol. The standard InChI is InChI=1S/C46H31N2OP/c49-50(37-15-6-3-7-16-37,36-13-4-1-2-5-14-36)38-25-22-33-28-32(20-21-34(33)29-38)35-24-27-43-41(30-35)45-39-17-9-8-12-31(39)23-26-40(45)46-47-42-18-10-11-19-44(42)48(43)46/h1,3-30H,2H2. The lowest BCUT2D eigenvalue weighted by atomic mass is 9.95. The highest BCUT2D eigenvalue weighted by atomic mass is 31.2. The second-order valence-electron chi connectivity index (χ2n) is 13.0. The average Bonchev–Trinajstić information content (AvgIpc) is 3.35. The highest BCUT2D eigenvalue weighted by Gasteiger charge is 2.31. The van der Waals surface area contributed by atoms with Crippen molar-refractivity contribution in [3.8, 4) is 11.1 Å². The number of fused-ring (bicyclic) bond motifs is 11. The first-order valence-corrected chi connectivity index (χ1v) is 18.8. The number of rotatable bonds is 4. The van der Waals surface area contributed by atoms with Crippen LogP contribution in [0.1, 0.15) is 6.42 Å². The van der Waals surface area contributed by atoms with Gasteiger partial charge >= 0.3 is 0 Å². The summed E-state index contributed by atoms with van der Waals surface area (Å²) in [5.74, 6) is 0. The minimum atomic E-state index is -3.09. The predicted octanol–water partition coefficient (Wildman–Crippen LogP) is 11.5. The first kappa shape index (κ1) is 28.9. The van der Waals surface area contributed by atoms with Crippen LogP contribution in [-0.2, 0) is 4.57 Å². The molecule has 0 fully saturated rings. The number of pyridine rings is 1. The van der Waals surface area contributed by atoms with Gasteiger partial charge in [-0.3, -0.25) is 4.40 Å². The van der Waals surface area contributed by atoms with Gasteiger partial charge in [-0.15, -0.1) is 0 Å². The highest BCUT2D eigenvalue weighted by molar-refractivity contribution is 7.82. The first-order valence-electron chi connectivity index (χ1n) is 17.1. The van der Waals surface area contributed by atoms with Crippen molar-refractivity contribution >= 4 is 77.7 Å². The van der Waals surface area contributed by atoms with Crippen molar-refractivity contribution in [1.82, 2.24) is 9.38 Å². The van der Waals surface area contributed by atoms with Gasteiger partial charge in [0.15, 0.2) is 7.14 Å². The number of aromatic nitrogens is 2. The Morgan fingerprint density at radius 3 is 2.26 bits per heavy atom. The SMILES string of the molecule is O=P(C1=CC=CCC=C1)(c1ccccc1)c1ccc2cc(-c3ccc4c(c3)c3c5ccccc5ccc3c3nc5ccccc5n43)ccc2c1.